The quantitative estimate of drug-likeness (QED) is 0.617. The van der Waals surface area contributed by atoms with Gasteiger partial charge in [-0.2, -0.15) is 0 Å². The van der Waals surface area contributed by atoms with Crippen molar-refractivity contribution in [2.45, 2.75) is 20.8 Å². The van der Waals surface area contributed by atoms with Crippen molar-refractivity contribution in [3.05, 3.63) is 36.4 Å². The molecule has 0 aliphatic heterocycles. The topological polar surface area (TPSA) is 46.5 Å². The first-order valence-corrected chi connectivity index (χ1v) is 5.82. The second kappa shape index (κ2) is 4.33. The van der Waals surface area contributed by atoms with E-state index in [2.05, 4.69) is 0 Å². The number of ether oxygens (including phenoxy) is 1. The van der Waals surface area contributed by atoms with E-state index in [1.165, 1.54) is 0 Å². The minimum atomic E-state index is -0.557. The summed E-state index contributed by atoms with van der Waals surface area (Å²) in [6.07, 6.45) is 0. The summed E-state index contributed by atoms with van der Waals surface area (Å²) < 4.78 is 5.40. The van der Waals surface area contributed by atoms with Gasteiger partial charge in [0.2, 0.25) is 0 Å². The van der Waals surface area contributed by atoms with E-state index < -0.39 is 5.41 Å². The van der Waals surface area contributed by atoms with Gasteiger partial charge in [-0.1, -0.05) is 24.3 Å². The van der Waals surface area contributed by atoms with Crippen LogP contribution in [-0.2, 0) is 4.79 Å². The molecular formula is C15H16O3. The van der Waals surface area contributed by atoms with Gasteiger partial charge in [0.15, 0.2) is 0 Å². The van der Waals surface area contributed by atoms with Gasteiger partial charge in [0.05, 0.1) is 5.41 Å². The highest BCUT2D eigenvalue weighted by Gasteiger charge is 2.24. The van der Waals surface area contributed by atoms with Crippen LogP contribution in [0.4, 0.5) is 0 Å². The van der Waals surface area contributed by atoms with E-state index in [1.807, 2.05) is 6.07 Å². The highest BCUT2D eigenvalue weighted by molar-refractivity contribution is 5.94. The lowest BCUT2D eigenvalue weighted by Gasteiger charge is -2.17. The minimum absolute atomic E-state index is 0.182. The van der Waals surface area contributed by atoms with Crippen LogP contribution in [0.25, 0.3) is 10.8 Å². The van der Waals surface area contributed by atoms with Gasteiger partial charge >= 0.3 is 5.97 Å². The molecule has 0 amide bonds. The number of rotatable bonds is 1. The third kappa shape index (κ3) is 2.30. The van der Waals surface area contributed by atoms with Crippen molar-refractivity contribution in [2.75, 3.05) is 0 Å². The van der Waals surface area contributed by atoms with Crippen LogP contribution in [0.3, 0.4) is 0 Å². The molecule has 94 valence electrons. The summed E-state index contributed by atoms with van der Waals surface area (Å²) in [5, 5.41) is 11.2. The fraction of sp³-hybridized carbons (Fsp3) is 0.267. The summed E-state index contributed by atoms with van der Waals surface area (Å²) in [6, 6.07) is 10.4. The number of aromatic hydroxyl groups is 1. The van der Waals surface area contributed by atoms with Crippen LogP contribution in [0.1, 0.15) is 20.8 Å². The molecule has 0 fully saturated rings. The molecule has 1 N–H and O–H groups in total. The van der Waals surface area contributed by atoms with Gasteiger partial charge in [0.1, 0.15) is 11.5 Å². The molecule has 0 atom stereocenters. The Bertz CT molecular complexity index is 594. The molecular weight excluding hydrogens is 228 g/mol. The van der Waals surface area contributed by atoms with Gasteiger partial charge in [0.25, 0.3) is 0 Å². The Labute approximate surface area is 106 Å². The van der Waals surface area contributed by atoms with Crippen molar-refractivity contribution in [3.63, 3.8) is 0 Å². The maximum Gasteiger partial charge on any atom is 0.316 e. The summed E-state index contributed by atoms with van der Waals surface area (Å²) >= 11 is 0. The normalized spacial score (nSPS) is 11.5. The van der Waals surface area contributed by atoms with Gasteiger partial charge in [0, 0.05) is 10.8 Å². The smallest absolute Gasteiger partial charge is 0.316 e. The maximum absolute atomic E-state index is 11.9. The van der Waals surface area contributed by atoms with E-state index in [9.17, 15) is 9.90 Å². The van der Waals surface area contributed by atoms with Gasteiger partial charge in [-0.25, -0.2) is 0 Å². The zero-order chi connectivity index (χ0) is 13.3. The third-order valence-corrected chi connectivity index (χ3v) is 2.67. The number of phenolic OH excluding ortho intramolecular Hbond substituents is 1. The van der Waals surface area contributed by atoms with E-state index in [4.69, 9.17) is 4.74 Å². The molecule has 0 radical (unpaired) electrons. The largest absolute Gasteiger partial charge is 0.507 e. The van der Waals surface area contributed by atoms with Gasteiger partial charge in [-0.15, -0.1) is 0 Å². The van der Waals surface area contributed by atoms with Crippen LogP contribution in [-0.4, -0.2) is 11.1 Å². The Morgan fingerprint density at radius 1 is 1.06 bits per heavy atom. The Morgan fingerprint density at radius 2 is 1.67 bits per heavy atom. The number of carbonyl (C=O) groups excluding carboxylic acids is 1. The summed E-state index contributed by atoms with van der Waals surface area (Å²) in [6.45, 7) is 5.41. The van der Waals surface area contributed by atoms with Gasteiger partial charge < -0.3 is 9.84 Å². The first kappa shape index (κ1) is 12.4. The second-order valence-electron chi connectivity index (χ2n) is 5.27. The Kier molecular flexibility index (Phi) is 2.99. The summed E-state index contributed by atoms with van der Waals surface area (Å²) in [5.74, 6) is 0.364. The standard InChI is InChI=1S/C15H16O3/c1-15(2,3)14(17)18-13-9-5-6-10-11(13)7-4-8-12(10)16/h4-9,16H,1-3H3. The molecule has 2 aromatic rings. The zero-order valence-corrected chi connectivity index (χ0v) is 10.7. The molecule has 3 heteroatoms. The zero-order valence-electron chi connectivity index (χ0n) is 10.7. The maximum atomic E-state index is 11.9. The molecule has 2 aromatic carbocycles. The summed E-state index contributed by atoms with van der Waals surface area (Å²) in [7, 11) is 0. The Morgan fingerprint density at radius 3 is 2.33 bits per heavy atom. The van der Waals surface area contributed by atoms with E-state index in [0.29, 0.717) is 11.1 Å². The van der Waals surface area contributed by atoms with Gasteiger partial charge in [-0.05, 0) is 32.9 Å². The molecule has 0 saturated heterocycles. The van der Waals surface area contributed by atoms with Crippen LogP contribution in [0.15, 0.2) is 36.4 Å². The van der Waals surface area contributed by atoms with Crippen molar-refractivity contribution in [1.82, 2.24) is 0 Å². The predicted molar refractivity (Wildman–Crippen MR) is 70.7 cm³/mol. The van der Waals surface area contributed by atoms with E-state index in [0.717, 1.165) is 5.39 Å². The molecule has 0 heterocycles. The fourth-order valence-electron chi connectivity index (χ4n) is 1.61. The van der Waals surface area contributed by atoms with Crippen molar-refractivity contribution >= 4 is 16.7 Å². The Balaban J connectivity index is 2.47. The van der Waals surface area contributed by atoms with Crippen LogP contribution < -0.4 is 4.74 Å². The van der Waals surface area contributed by atoms with Crippen molar-refractivity contribution in [3.8, 4) is 11.5 Å². The molecule has 0 unspecified atom stereocenters. The lowest BCUT2D eigenvalue weighted by atomic mass is 9.97. The monoisotopic (exact) mass is 244 g/mol. The highest BCUT2D eigenvalue weighted by atomic mass is 16.5. The average molecular weight is 244 g/mol. The molecule has 0 aromatic heterocycles. The summed E-state index contributed by atoms with van der Waals surface area (Å²) in [4.78, 5) is 11.9. The van der Waals surface area contributed by atoms with Crippen molar-refractivity contribution in [1.29, 1.82) is 0 Å². The molecule has 2 rings (SSSR count). The van der Waals surface area contributed by atoms with Crippen LogP contribution in [0.5, 0.6) is 11.5 Å². The number of benzene rings is 2. The third-order valence-electron chi connectivity index (χ3n) is 2.67. The lowest BCUT2D eigenvalue weighted by molar-refractivity contribution is -0.142. The fourth-order valence-corrected chi connectivity index (χ4v) is 1.61. The number of hydrogen-bond donors (Lipinski definition) is 1. The molecule has 18 heavy (non-hydrogen) atoms. The predicted octanol–water partition coefficient (Wildman–Crippen LogP) is 3.50. The van der Waals surface area contributed by atoms with E-state index in [-0.39, 0.29) is 11.7 Å². The molecule has 0 aliphatic rings. The highest BCUT2D eigenvalue weighted by Crippen LogP contribution is 2.32. The number of fused-ring (bicyclic) bond motifs is 1. The number of esters is 1. The summed E-state index contributed by atoms with van der Waals surface area (Å²) in [5.41, 5.74) is -0.557. The number of hydrogen-bond acceptors (Lipinski definition) is 3. The molecule has 0 spiro atoms. The molecule has 0 bridgehead atoms. The SMILES string of the molecule is CC(C)(C)C(=O)Oc1cccc2c(O)cccc12. The molecule has 0 aliphatic carbocycles. The lowest BCUT2D eigenvalue weighted by Crippen LogP contribution is -2.25. The molecule has 3 nitrogen and oxygen atoms in total. The second-order valence-corrected chi connectivity index (χ2v) is 5.27. The van der Waals surface area contributed by atoms with Crippen LogP contribution in [0, 0.1) is 5.41 Å². The van der Waals surface area contributed by atoms with Crippen LogP contribution in [0.2, 0.25) is 0 Å². The van der Waals surface area contributed by atoms with Crippen molar-refractivity contribution in [2.24, 2.45) is 5.41 Å². The van der Waals surface area contributed by atoms with Gasteiger partial charge in [-0.3, -0.25) is 4.79 Å². The van der Waals surface area contributed by atoms with Crippen molar-refractivity contribution < 1.29 is 14.6 Å². The van der Waals surface area contributed by atoms with E-state index >= 15 is 0 Å². The minimum Gasteiger partial charge on any atom is -0.507 e. The first-order chi connectivity index (χ1) is 8.39. The first-order valence-electron chi connectivity index (χ1n) is 5.82. The molecule has 0 saturated carbocycles. The number of phenols is 1. The average Bonchev–Trinajstić information content (AvgIpc) is 2.29. The van der Waals surface area contributed by atoms with Crippen LogP contribution >= 0.6 is 0 Å². The van der Waals surface area contributed by atoms with E-state index in [1.54, 1.807) is 51.1 Å². The number of carbonyl (C=O) groups is 1. The Hall–Kier alpha value is -2.03.